The normalized spacial score (nSPS) is 13.9. The van der Waals surface area contributed by atoms with Crippen LogP contribution in [0.2, 0.25) is 0 Å². The number of nitrogens with zero attached hydrogens (tertiary/aromatic N) is 4. The predicted molar refractivity (Wildman–Crippen MR) is 124 cm³/mol. The molecule has 0 bridgehead atoms. The molecule has 0 saturated carbocycles. The molecule has 0 atom stereocenters. The number of ketones is 1. The number of anilines is 1. The summed E-state index contributed by atoms with van der Waals surface area (Å²) in [5, 5.41) is 9.56. The number of ether oxygens (including phenoxy) is 1. The van der Waals surface area contributed by atoms with Gasteiger partial charge in [-0.3, -0.25) is 9.36 Å². The number of carbonyl (C=O) groups excluding carboxylic acids is 2. The lowest BCUT2D eigenvalue weighted by Gasteiger charge is -2.27. The number of rotatable bonds is 7. The van der Waals surface area contributed by atoms with Crippen molar-refractivity contribution >= 4 is 29.5 Å². The molecular weight excluding hydrogens is 426 g/mol. The minimum atomic E-state index is -0.446. The second-order valence-corrected chi connectivity index (χ2v) is 8.77. The van der Waals surface area contributed by atoms with Crippen molar-refractivity contribution in [2.45, 2.75) is 38.3 Å². The van der Waals surface area contributed by atoms with E-state index in [-0.39, 0.29) is 11.5 Å². The van der Waals surface area contributed by atoms with Gasteiger partial charge in [0.2, 0.25) is 5.95 Å². The molecule has 3 aromatic rings. The fourth-order valence-electron chi connectivity index (χ4n) is 4.10. The molecule has 0 spiro atoms. The third kappa shape index (κ3) is 4.29. The molecule has 1 saturated heterocycles. The van der Waals surface area contributed by atoms with Crippen molar-refractivity contribution in [1.82, 2.24) is 19.7 Å². The Morgan fingerprint density at radius 3 is 2.50 bits per heavy atom. The molecule has 1 aromatic carbocycles. The number of Topliss-reactive ketones (excluding diaryl/α,β-unsaturated/α-hetero) is 1. The fourth-order valence-corrected chi connectivity index (χ4v) is 4.92. The van der Waals surface area contributed by atoms with Crippen LogP contribution in [0.25, 0.3) is 5.69 Å². The Hall–Kier alpha value is -3.07. The number of hydrogen-bond donors (Lipinski definition) is 1. The Bertz CT molecular complexity index is 1120. The molecule has 8 nitrogen and oxygen atoms in total. The largest absolute Gasteiger partial charge is 0.465 e. The molecule has 0 amide bonds. The van der Waals surface area contributed by atoms with Gasteiger partial charge in [0.15, 0.2) is 10.9 Å². The summed E-state index contributed by atoms with van der Waals surface area (Å²) >= 11 is 1.34. The Morgan fingerprint density at radius 1 is 1.09 bits per heavy atom. The number of aromatic nitrogens is 4. The van der Waals surface area contributed by atoms with Crippen molar-refractivity contribution in [2.75, 3.05) is 30.9 Å². The first-order valence-electron chi connectivity index (χ1n) is 10.7. The van der Waals surface area contributed by atoms with E-state index in [2.05, 4.69) is 20.1 Å². The van der Waals surface area contributed by atoms with E-state index in [1.165, 1.54) is 25.3 Å². The van der Waals surface area contributed by atoms with Crippen LogP contribution in [-0.2, 0) is 4.74 Å². The van der Waals surface area contributed by atoms with E-state index >= 15 is 0 Å². The summed E-state index contributed by atoms with van der Waals surface area (Å²) in [7, 11) is 1.34. The number of piperidine rings is 1. The van der Waals surface area contributed by atoms with Crippen molar-refractivity contribution in [1.29, 1.82) is 0 Å². The van der Waals surface area contributed by atoms with Gasteiger partial charge in [0.1, 0.15) is 0 Å². The lowest BCUT2D eigenvalue weighted by atomic mass is 10.1. The molecule has 4 rings (SSSR count). The topological polar surface area (TPSA) is 93.1 Å². The molecular formula is C23H27N5O3S. The number of aryl methyl sites for hydroxylation is 1. The maximum Gasteiger partial charge on any atom is 0.339 e. The lowest BCUT2D eigenvalue weighted by Crippen LogP contribution is -2.31. The summed E-state index contributed by atoms with van der Waals surface area (Å²) in [6, 6.07) is 9.97. The van der Waals surface area contributed by atoms with Crippen LogP contribution in [0.5, 0.6) is 0 Å². The summed E-state index contributed by atoms with van der Waals surface area (Å²) in [4.78, 5) is 30.4. The average Bonchev–Trinajstić information content (AvgIpc) is 3.38. The molecule has 1 aliphatic rings. The molecule has 1 N–H and O–H groups in total. The van der Waals surface area contributed by atoms with E-state index in [1.807, 2.05) is 34.9 Å². The van der Waals surface area contributed by atoms with Crippen molar-refractivity contribution in [3.05, 3.63) is 52.8 Å². The molecule has 2 aromatic heterocycles. The molecule has 3 heterocycles. The zero-order valence-electron chi connectivity index (χ0n) is 18.6. The van der Waals surface area contributed by atoms with Gasteiger partial charge in [-0.05, 0) is 50.8 Å². The Morgan fingerprint density at radius 2 is 1.81 bits per heavy atom. The Balaban J connectivity index is 1.59. The highest BCUT2D eigenvalue weighted by atomic mass is 32.2. The smallest absolute Gasteiger partial charge is 0.339 e. The van der Waals surface area contributed by atoms with Gasteiger partial charge in [-0.15, -0.1) is 10.2 Å². The van der Waals surface area contributed by atoms with E-state index in [0.717, 1.165) is 37.6 Å². The molecule has 0 aliphatic carbocycles. The average molecular weight is 454 g/mol. The number of hydrogen-bond acceptors (Lipinski definition) is 7. The minimum Gasteiger partial charge on any atom is -0.465 e. The maximum atomic E-state index is 13.0. The SMILES string of the molecule is COC(=O)c1c(C)[nH]c(C(=O)CSc2nnc(N3CCCCC3)n2-c2ccccc2)c1C. The molecule has 1 aliphatic heterocycles. The Kier molecular flexibility index (Phi) is 6.64. The second-order valence-electron chi connectivity index (χ2n) is 7.83. The molecule has 168 valence electrons. The number of esters is 1. The van der Waals surface area contributed by atoms with Crippen molar-refractivity contribution < 1.29 is 14.3 Å². The number of carbonyl (C=O) groups is 2. The van der Waals surface area contributed by atoms with Gasteiger partial charge in [-0.1, -0.05) is 30.0 Å². The first-order valence-corrected chi connectivity index (χ1v) is 11.7. The first-order chi connectivity index (χ1) is 15.5. The molecule has 1 fully saturated rings. The van der Waals surface area contributed by atoms with E-state index in [9.17, 15) is 9.59 Å². The molecule has 9 heteroatoms. The highest BCUT2D eigenvalue weighted by Crippen LogP contribution is 2.29. The van der Waals surface area contributed by atoms with E-state index in [0.29, 0.717) is 27.7 Å². The highest BCUT2D eigenvalue weighted by Gasteiger charge is 2.25. The summed E-state index contributed by atoms with van der Waals surface area (Å²) < 4.78 is 6.87. The Labute approximate surface area is 191 Å². The van der Waals surface area contributed by atoms with Crippen molar-refractivity contribution in [3.8, 4) is 5.69 Å². The van der Waals surface area contributed by atoms with Gasteiger partial charge in [-0.2, -0.15) is 0 Å². The van der Waals surface area contributed by atoms with Crippen LogP contribution in [0.1, 0.15) is 51.4 Å². The van der Waals surface area contributed by atoms with Gasteiger partial charge in [0.25, 0.3) is 0 Å². The van der Waals surface area contributed by atoms with Crippen LogP contribution in [0, 0.1) is 13.8 Å². The lowest BCUT2D eigenvalue weighted by molar-refractivity contribution is 0.0599. The van der Waals surface area contributed by atoms with Crippen LogP contribution in [0.4, 0.5) is 5.95 Å². The van der Waals surface area contributed by atoms with Gasteiger partial charge < -0.3 is 14.6 Å². The maximum absolute atomic E-state index is 13.0. The first kappa shape index (κ1) is 22.1. The summed E-state index contributed by atoms with van der Waals surface area (Å²) in [5.74, 6) is 0.434. The van der Waals surface area contributed by atoms with Gasteiger partial charge >= 0.3 is 5.97 Å². The number of para-hydroxylation sites is 1. The zero-order valence-corrected chi connectivity index (χ0v) is 19.4. The number of aromatic amines is 1. The summed E-state index contributed by atoms with van der Waals surface area (Å²) in [5.41, 5.74) is 3.05. The van der Waals surface area contributed by atoms with Crippen molar-refractivity contribution in [3.63, 3.8) is 0 Å². The van der Waals surface area contributed by atoms with Crippen LogP contribution < -0.4 is 4.90 Å². The second kappa shape index (κ2) is 9.60. The van der Waals surface area contributed by atoms with Crippen LogP contribution in [0.3, 0.4) is 0 Å². The van der Waals surface area contributed by atoms with Crippen LogP contribution in [0.15, 0.2) is 35.5 Å². The molecule has 0 unspecified atom stereocenters. The van der Waals surface area contributed by atoms with Gasteiger partial charge in [-0.25, -0.2) is 4.79 Å². The minimum absolute atomic E-state index is 0.104. The van der Waals surface area contributed by atoms with Crippen LogP contribution >= 0.6 is 11.8 Å². The van der Waals surface area contributed by atoms with Crippen molar-refractivity contribution in [2.24, 2.45) is 0 Å². The number of benzene rings is 1. The quantitative estimate of drug-likeness (QED) is 0.329. The number of H-pyrrole nitrogens is 1. The predicted octanol–water partition coefficient (Wildman–Crippen LogP) is 3.96. The molecule has 0 radical (unpaired) electrons. The number of thioether (sulfide) groups is 1. The van der Waals surface area contributed by atoms with Crippen LogP contribution in [-0.4, -0.2) is 57.5 Å². The van der Waals surface area contributed by atoms with E-state index in [1.54, 1.807) is 13.8 Å². The summed E-state index contributed by atoms with van der Waals surface area (Å²) in [6.45, 7) is 5.42. The fraction of sp³-hybridized carbons (Fsp3) is 0.391. The van der Waals surface area contributed by atoms with E-state index in [4.69, 9.17) is 4.74 Å². The zero-order chi connectivity index (χ0) is 22.7. The molecule has 32 heavy (non-hydrogen) atoms. The third-order valence-electron chi connectivity index (χ3n) is 5.71. The standard InChI is InChI=1S/C23H27N5O3S/c1-15-19(21(30)31-3)16(2)24-20(15)18(29)14-32-23-26-25-22(27-12-8-5-9-13-27)28(23)17-10-6-4-7-11-17/h4,6-7,10-11,24H,5,8-9,12-14H2,1-3H3. The van der Waals surface area contributed by atoms with E-state index < -0.39 is 5.97 Å². The third-order valence-corrected chi connectivity index (χ3v) is 6.64. The van der Waals surface area contributed by atoms with Gasteiger partial charge in [0.05, 0.1) is 29.8 Å². The monoisotopic (exact) mass is 453 g/mol. The summed E-state index contributed by atoms with van der Waals surface area (Å²) in [6.07, 6.45) is 3.50. The van der Waals surface area contributed by atoms with Gasteiger partial charge in [0, 0.05) is 18.8 Å². The highest BCUT2D eigenvalue weighted by molar-refractivity contribution is 7.99. The number of methoxy groups -OCH3 is 1. The number of nitrogens with one attached hydrogen (secondary N) is 1.